The van der Waals surface area contributed by atoms with Crippen molar-refractivity contribution in [2.24, 2.45) is 0 Å². The summed E-state index contributed by atoms with van der Waals surface area (Å²) < 4.78 is 28.1. The molecule has 4 atom stereocenters. The molecule has 14 heteroatoms. The molecule has 0 radical (unpaired) electrons. The fourth-order valence-electron chi connectivity index (χ4n) is 7.95. The van der Waals surface area contributed by atoms with E-state index < -0.39 is 48.3 Å². The van der Waals surface area contributed by atoms with Crippen LogP contribution in [-0.4, -0.2) is 84.4 Å². The molecule has 0 saturated carbocycles. The third-order valence-corrected chi connectivity index (χ3v) is 12.5. The molecule has 0 aromatic rings. The molecule has 0 N–H and O–H groups in total. The van der Waals surface area contributed by atoms with Crippen LogP contribution in [0.1, 0.15) is 232 Å². The largest absolute Gasteiger partial charge is 0.466 e. The monoisotopic (exact) mass is 989 g/mol. The third-order valence-electron chi connectivity index (χ3n) is 11.6. The Morgan fingerprint density at radius 1 is 0.312 bits per heavy atom. The van der Waals surface area contributed by atoms with Gasteiger partial charge in [-0.15, -0.1) is 46.4 Å². The maximum Gasteiger partial charge on any atom is 0.321 e. The number of alkyl halides is 4. The summed E-state index contributed by atoms with van der Waals surface area (Å²) in [5.41, 5.74) is 0. The number of ether oxygens (including phenoxy) is 5. The quantitative estimate of drug-likeness (QED) is 0.0251. The van der Waals surface area contributed by atoms with Gasteiger partial charge < -0.3 is 23.7 Å². The van der Waals surface area contributed by atoms with Crippen LogP contribution in [0.15, 0.2) is 0 Å². The summed E-state index contributed by atoms with van der Waals surface area (Å²) in [6.45, 7) is 4.85. The van der Waals surface area contributed by atoms with Crippen LogP contribution < -0.4 is 0 Å². The molecule has 0 rings (SSSR count). The number of hydrogen-bond donors (Lipinski definition) is 0. The van der Waals surface area contributed by atoms with E-state index in [-0.39, 0.29) is 29.5 Å². The van der Waals surface area contributed by atoms with E-state index in [9.17, 15) is 24.0 Å². The first-order valence-electron chi connectivity index (χ1n) is 25.3. The molecule has 0 bridgehead atoms. The Balaban J connectivity index is 4.36. The molecule has 10 nitrogen and oxygen atoms in total. The molecule has 0 saturated heterocycles. The van der Waals surface area contributed by atoms with Gasteiger partial charge in [-0.1, -0.05) is 162 Å². The van der Waals surface area contributed by atoms with Crippen molar-refractivity contribution in [3.8, 4) is 0 Å². The molecule has 0 aliphatic rings. The highest BCUT2D eigenvalue weighted by atomic mass is 35.5. The highest BCUT2D eigenvalue weighted by Gasteiger charge is 2.29. The van der Waals surface area contributed by atoms with Gasteiger partial charge in [-0.2, -0.15) is 0 Å². The summed E-state index contributed by atoms with van der Waals surface area (Å²) in [6, 6.07) is 0. The number of unbranched alkanes of at least 4 members (excludes halogenated alkanes) is 25. The van der Waals surface area contributed by atoms with E-state index in [1.54, 1.807) is 0 Å². The Labute approximate surface area is 408 Å². The Morgan fingerprint density at radius 2 is 0.547 bits per heavy atom. The van der Waals surface area contributed by atoms with Crippen LogP contribution in [0.3, 0.4) is 0 Å². The molecule has 4 unspecified atom stereocenters. The van der Waals surface area contributed by atoms with Crippen LogP contribution in [0, 0.1) is 0 Å². The first kappa shape index (κ1) is 62.5. The lowest BCUT2D eigenvalue weighted by Gasteiger charge is -2.27. The second-order valence-electron chi connectivity index (χ2n) is 17.3. The number of hydrogen-bond acceptors (Lipinski definition) is 10. The van der Waals surface area contributed by atoms with E-state index in [0.717, 1.165) is 122 Å². The molecule has 0 aliphatic carbocycles. The summed E-state index contributed by atoms with van der Waals surface area (Å²) in [5.74, 6) is -3.21. The van der Waals surface area contributed by atoms with Crippen molar-refractivity contribution in [3.05, 3.63) is 0 Å². The number of carbonyl (C=O) groups excluding carboxylic acids is 5. The normalized spacial score (nSPS) is 13.2. The smallest absolute Gasteiger partial charge is 0.321 e. The Bertz CT molecular complexity index is 1150. The lowest BCUT2D eigenvalue weighted by Crippen LogP contribution is -2.36. The van der Waals surface area contributed by atoms with E-state index in [1.807, 2.05) is 0 Å². The van der Waals surface area contributed by atoms with Crippen molar-refractivity contribution in [1.82, 2.24) is 0 Å². The molecule has 376 valence electrons. The van der Waals surface area contributed by atoms with E-state index in [2.05, 4.69) is 13.8 Å². The molecule has 0 aromatic carbocycles. The molecular formula is C50H88Cl4O10. The molecule has 0 heterocycles. The minimum atomic E-state index is -0.554. The van der Waals surface area contributed by atoms with Gasteiger partial charge >= 0.3 is 29.8 Å². The average Bonchev–Trinajstić information content (AvgIpc) is 3.30. The van der Waals surface area contributed by atoms with Crippen molar-refractivity contribution in [2.45, 2.75) is 257 Å². The molecule has 0 fully saturated rings. The minimum Gasteiger partial charge on any atom is -0.466 e. The molecule has 0 spiro atoms. The molecule has 0 amide bonds. The predicted molar refractivity (Wildman–Crippen MR) is 262 cm³/mol. The van der Waals surface area contributed by atoms with Crippen molar-refractivity contribution < 1.29 is 47.7 Å². The fourth-order valence-corrected chi connectivity index (χ4v) is 8.21. The first-order valence-corrected chi connectivity index (χ1v) is 27.5. The van der Waals surface area contributed by atoms with E-state index in [0.29, 0.717) is 38.7 Å². The standard InChI is InChI=1S/C50H88Cl4O10/c1-3-5-7-9-11-12-15-21-27-33-43(62-48(57)39-52)44(63-49(58)40-53)34-28-22-16-13-19-25-31-37-60-46(55)36-30-24-18-17-23-29-35-45(64-50(59)41-54)42(61-47(56)38-51)32-26-20-14-10-8-6-4-2/h42-45H,3-41H2,1-2H3. The summed E-state index contributed by atoms with van der Waals surface area (Å²) in [4.78, 5) is 60.9. The van der Waals surface area contributed by atoms with Crippen LogP contribution in [-0.2, 0) is 47.7 Å². The summed E-state index contributed by atoms with van der Waals surface area (Å²) in [5, 5.41) is 0. The van der Waals surface area contributed by atoms with Gasteiger partial charge in [-0.25, -0.2) is 0 Å². The van der Waals surface area contributed by atoms with Crippen molar-refractivity contribution in [1.29, 1.82) is 0 Å². The van der Waals surface area contributed by atoms with Gasteiger partial charge in [0.15, 0.2) is 0 Å². The van der Waals surface area contributed by atoms with Gasteiger partial charge in [0, 0.05) is 6.42 Å². The average molecular weight is 991 g/mol. The Kier molecular flexibility index (Phi) is 45.5. The molecule has 0 aliphatic heterocycles. The van der Waals surface area contributed by atoms with Gasteiger partial charge in [0.1, 0.15) is 47.9 Å². The first-order chi connectivity index (χ1) is 31.1. The van der Waals surface area contributed by atoms with E-state index in [4.69, 9.17) is 70.1 Å². The lowest BCUT2D eigenvalue weighted by molar-refractivity contribution is -0.166. The van der Waals surface area contributed by atoms with Crippen molar-refractivity contribution in [2.75, 3.05) is 30.1 Å². The number of halogens is 4. The van der Waals surface area contributed by atoms with Crippen LogP contribution in [0.5, 0.6) is 0 Å². The second-order valence-corrected chi connectivity index (χ2v) is 18.4. The van der Waals surface area contributed by atoms with Gasteiger partial charge in [0.2, 0.25) is 0 Å². The predicted octanol–water partition coefficient (Wildman–Crippen LogP) is 14.4. The molecule has 0 aromatic heterocycles. The molecular weight excluding hydrogens is 902 g/mol. The zero-order valence-corrected chi connectivity index (χ0v) is 43.0. The third kappa shape index (κ3) is 38.6. The van der Waals surface area contributed by atoms with Crippen molar-refractivity contribution >= 4 is 76.3 Å². The van der Waals surface area contributed by atoms with Gasteiger partial charge in [-0.3, -0.25) is 24.0 Å². The summed E-state index contributed by atoms with van der Waals surface area (Å²) in [7, 11) is 0. The minimum absolute atomic E-state index is 0.153. The van der Waals surface area contributed by atoms with Crippen LogP contribution >= 0.6 is 46.4 Å². The SMILES string of the molecule is CCCCCCCCCCCC(OC(=O)CCl)C(CCCCCCCCCOC(=O)CCCCCCCCC(OC(=O)CCl)C(CCCCCCCCC)OC(=O)CCl)OC(=O)CCl. The number of rotatable bonds is 47. The maximum atomic E-state index is 12.3. The van der Waals surface area contributed by atoms with Crippen LogP contribution in [0.2, 0.25) is 0 Å². The lowest BCUT2D eigenvalue weighted by atomic mass is 9.98. The van der Waals surface area contributed by atoms with Crippen LogP contribution in [0.4, 0.5) is 0 Å². The van der Waals surface area contributed by atoms with Gasteiger partial charge in [-0.05, 0) is 64.2 Å². The molecule has 64 heavy (non-hydrogen) atoms. The van der Waals surface area contributed by atoms with E-state index >= 15 is 0 Å². The zero-order chi connectivity index (χ0) is 47.3. The van der Waals surface area contributed by atoms with E-state index in [1.165, 1.54) is 64.2 Å². The fraction of sp³-hybridized carbons (Fsp3) is 0.900. The summed E-state index contributed by atoms with van der Waals surface area (Å²) >= 11 is 23.0. The number of esters is 5. The van der Waals surface area contributed by atoms with Crippen molar-refractivity contribution in [3.63, 3.8) is 0 Å². The Morgan fingerprint density at radius 3 is 0.812 bits per heavy atom. The maximum absolute atomic E-state index is 12.3. The number of carbonyl (C=O) groups is 5. The summed E-state index contributed by atoms with van der Waals surface area (Å²) in [6.07, 6.45) is 31.4. The van der Waals surface area contributed by atoms with Crippen LogP contribution in [0.25, 0.3) is 0 Å². The topological polar surface area (TPSA) is 132 Å². The highest BCUT2D eigenvalue weighted by Crippen LogP contribution is 2.23. The second kappa shape index (κ2) is 46.6. The highest BCUT2D eigenvalue weighted by molar-refractivity contribution is 6.27. The zero-order valence-electron chi connectivity index (χ0n) is 40.0. The van der Waals surface area contributed by atoms with Gasteiger partial charge in [0.25, 0.3) is 0 Å². The Hall–Kier alpha value is -1.49. The van der Waals surface area contributed by atoms with Gasteiger partial charge in [0.05, 0.1) is 6.61 Å².